The molecule has 22 heavy (non-hydrogen) atoms. The molecule has 0 aliphatic carbocycles. The summed E-state index contributed by atoms with van der Waals surface area (Å²) < 4.78 is 52.1. The molecule has 1 atom stereocenters. The number of ether oxygens (including phenoxy) is 3. The second-order valence-corrected chi connectivity index (χ2v) is 4.48. The summed E-state index contributed by atoms with van der Waals surface area (Å²) in [5, 5.41) is 0. The molecule has 0 saturated heterocycles. The first-order valence-electron chi connectivity index (χ1n) is 6.58. The van der Waals surface area contributed by atoms with E-state index >= 15 is 0 Å². The molecular formula is C15H17F3O4. The van der Waals surface area contributed by atoms with E-state index in [4.69, 9.17) is 9.47 Å². The molecule has 1 aromatic carbocycles. The Morgan fingerprint density at radius 3 is 2.36 bits per heavy atom. The molecule has 4 nitrogen and oxygen atoms in total. The van der Waals surface area contributed by atoms with Crippen molar-refractivity contribution in [3.8, 4) is 5.75 Å². The minimum atomic E-state index is -4.38. The Labute approximate surface area is 126 Å². The number of carbonyl (C=O) groups excluding carboxylic acids is 1. The van der Waals surface area contributed by atoms with Crippen molar-refractivity contribution in [1.29, 1.82) is 0 Å². The van der Waals surface area contributed by atoms with Crippen LogP contribution in [0.5, 0.6) is 5.75 Å². The van der Waals surface area contributed by atoms with E-state index in [2.05, 4.69) is 11.3 Å². The first kappa shape index (κ1) is 17.9. The van der Waals surface area contributed by atoms with Crippen LogP contribution in [0.3, 0.4) is 0 Å². The van der Waals surface area contributed by atoms with E-state index in [0.717, 1.165) is 12.1 Å². The van der Waals surface area contributed by atoms with E-state index in [1.807, 2.05) is 0 Å². The van der Waals surface area contributed by atoms with E-state index in [1.54, 1.807) is 13.8 Å². The Balaban J connectivity index is 2.49. The summed E-state index contributed by atoms with van der Waals surface area (Å²) in [5.74, 6) is 0.433. The Hall–Kier alpha value is -2.18. The number of rotatable bonds is 6. The molecule has 0 bridgehead atoms. The number of hydrogen-bond donors (Lipinski definition) is 0. The molecule has 1 unspecified atom stereocenters. The van der Waals surface area contributed by atoms with E-state index in [9.17, 15) is 18.0 Å². The number of halogens is 3. The van der Waals surface area contributed by atoms with Crippen LogP contribution in [0.2, 0.25) is 0 Å². The van der Waals surface area contributed by atoms with Gasteiger partial charge in [-0.25, -0.2) is 4.79 Å². The molecule has 0 spiro atoms. The highest BCUT2D eigenvalue weighted by Gasteiger charge is 2.30. The molecule has 0 radical (unpaired) electrons. The molecule has 0 aliphatic rings. The normalized spacial score (nSPS) is 12.4. The lowest BCUT2D eigenvalue weighted by Gasteiger charge is -2.16. The van der Waals surface area contributed by atoms with Gasteiger partial charge in [-0.2, -0.15) is 13.2 Å². The molecule has 0 aliphatic heterocycles. The van der Waals surface area contributed by atoms with Crippen molar-refractivity contribution in [2.45, 2.75) is 32.5 Å². The lowest BCUT2D eigenvalue weighted by atomic mass is 10.2. The van der Waals surface area contributed by atoms with Gasteiger partial charge in [0, 0.05) is 6.42 Å². The highest BCUT2D eigenvalue weighted by atomic mass is 19.4. The van der Waals surface area contributed by atoms with E-state index < -0.39 is 24.0 Å². The molecule has 1 rings (SSSR count). The van der Waals surface area contributed by atoms with Crippen molar-refractivity contribution in [3.63, 3.8) is 0 Å². The topological polar surface area (TPSA) is 44.8 Å². The molecular weight excluding hydrogens is 301 g/mol. The molecule has 0 amide bonds. The third kappa shape index (κ3) is 6.07. The molecule has 0 heterocycles. The van der Waals surface area contributed by atoms with Crippen LogP contribution in [0, 0.1) is 0 Å². The average molecular weight is 318 g/mol. The minimum Gasteiger partial charge on any atom is -0.490 e. The summed E-state index contributed by atoms with van der Waals surface area (Å²) in [4.78, 5) is 11.1. The predicted molar refractivity (Wildman–Crippen MR) is 73.4 cm³/mol. The zero-order valence-corrected chi connectivity index (χ0v) is 12.3. The second-order valence-electron chi connectivity index (χ2n) is 4.48. The number of alkyl halides is 3. The maximum absolute atomic E-state index is 12.4. The highest BCUT2D eigenvalue weighted by molar-refractivity contribution is 5.61. The summed E-state index contributed by atoms with van der Waals surface area (Å²) in [6, 6.07) is 4.33. The maximum Gasteiger partial charge on any atom is 0.513 e. The summed E-state index contributed by atoms with van der Waals surface area (Å²) in [7, 11) is 0. The summed E-state index contributed by atoms with van der Waals surface area (Å²) in [6.45, 7) is 7.05. The SMILES string of the molecule is C=C(CC(C)Oc1ccc(C(F)(F)F)cc1)OC(=O)OCC. The van der Waals surface area contributed by atoms with Crippen LogP contribution in [-0.2, 0) is 15.7 Å². The molecule has 0 saturated carbocycles. The van der Waals surface area contributed by atoms with Gasteiger partial charge >= 0.3 is 12.3 Å². The molecule has 0 fully saturated rings. The van der Waals surface area contributed by atoms with Crippen LogP contribution in [0.25, 0.3) is 0 Å². The second kappa shape index (κ2) is 7.72. The fourth-order valence-corrected chi connectivity index (χ4v) is 1.62. The third-order valence-corrected chi connectivity index (χ3v) is 2.52. The number of benzene rings is 1. The Morgan fingerprint density at radius 2 is 1.86 bits per heavy atom. The van der Waals surface area contributed by atoms with Gasteiger partial charge in [-0.05, 0) is 38.1 Å². The van der Waals surface area contributed by atoms with Gasteiger partial charge in [0.1, 0.15) is 17.6 Å². The van der Waals surface area contributed by atoms with E-state index in [1.165, 1.54) is 12.1 Å². The number of carbonyl (C=O) groups is 1. The van der Waals surface area contributed by atoms with Gasteiger partial charge in [-0.15, -0.1) is 0 Å². The van der Waals surface area contributed by atoms with Gasteiger partial charge in [0.25, 0.3) is 0 Å². The van der Waals surface area contributed by atoms with E-state index in [0.29, 0.717) is 0 Å². The van der Waals surface area contributed by atoms with Crippen LogP contribution < -0.4 is 4.74 Å². The largest absolute Gasteiger partial charge is 0.513 e. The fourth-order valence-electron chi connectivity index (χ4n) is 1.62. The quantitative estimate of drug-likeness (QED) is 0.570. The summed E-state index contributed by atoms with van der Waals surface area (Å²) in [6.07, 6.45) is -5.47. The first-order valence-corrected chi connectivity index (χ1v) is 6.58. The van der Waals surface area contributed by atoms with Crippen LogP contribution in [0.4, 0.5) is 18.0 Å². The van der Waals surface area contributed by atoms with Gasteiger partial charge in [-0.3, -0.25) is 0 Å². The van der Waals surface area contributed by atoms with Gasteiger partial charge in [0.2, 0.25) is 0 Å². The zero-order chi connectivity index (χ0) is 16.8. The van der Waals surface area contributed by atoms with Crippen molar-refractivity contribution in [2.24, 2.45) is 0 Å². The van der Waals surface area contributed by atoms with Crippen LogP contribution in [-0.4, -0.2) is 18.9 Å². The minimum absolute atomic E-state index is 0.151. The standard InChI is InChI=1S/C15H17F3O4/c1-4-20-14(19)22-11(3)9-10(2)21-13-7-5-12(6-8-13)15(16,17)18/h5-8,10H,3-4,9H2,1-2H3. The molecule has 7 heteroatoms. The molecule has 0 N–H and O–H groups in total. The highest BCUT2D eigenvalue weighted by Crippen LogP contribution is 2.30. The van der Waals surface area contributed by atoms with Crippen LogP contribution in [0.15, 0.2) is 36.6 Å². The lowest BCUT2D eigenvalue weighted by molar-refractivity contribution is -0.137. The first-order chi connectivity index (χ1) is 10.2. The van der Waals surface area contributed by atoms with Crippen molar-refractivity contribution >= 4 is 6.16 Å². The monoisotopic (exact) mass is 318 g/mol. The zero-order valence-electron chi connectivity index (χ0n) is 12.3. The Morgan fingerprint density at radius 1 is 1.27 bits per heavy atom. The van der Waals surface area contributed by atoms with Crippen LogP contribution >= 0.6 is 0 Å². The predicted octanol–water partition coefficient (Wildman–Crippen LogP) is 4.55. The van der Waals surface area contributed by atoms with Gasteiger partial charge in [-0.1, -0.05) is 6.58 Å². The van der Waals surface area contributed by atoms with Crippen molar-refractivity contribution in [3.05, 3.63) is 42.2 Å². The third-order valence-electron chi connectivity index (χ3n) is 2.52. The number of hydrogen-bond acceptors (Lipinski definition) is 4. The summed E-state index contributed by atoms with van der Waals surface area (Å²) in [5.41, 5.74) is -0.748. The maximum atomic E-state index is 12.4. The molecule has 1 aromatic rings. The molecule has 122 valence electrons. The average Bonchev–Trinajstić information content (AvgIpc) is 2.37. The van der Waals surface area contributed by atoms with Crippen molar-refractivity contribution in [1.82, 2.24) is 0 Å². The van der Waals surface area contributed by atoms with Crippen LogP contribution in [0.1, 0.15) is 25.8 Å². The van der Waals surface area contributed by atoms with Gasteiger partial charge in [0.05, 0.1) is 12.2 Å². The smallest absolute Gasteiger partial charge is 0.490 e. The van der Waals surface area contributed by atoms with Gasteiger partial charge < -0.3 is 14.2 Å². The fraction of sp³-hybridized carbons (Fsp3) is 0.400. The van der Waals surface area contributed by atoms with E-state index in [-0.39, 0.29) is 24.5 Å². The molecule has 0 aromatic heterocycles. The van der Waals surface area contributed by atoms with Gasteiger partial charge in [0.15, 0.2) is 0 Å². The van der Waals surface area contributed by atoms with Crippen molar-refractivity contribution in [2.75, 3.05) is 6.61 Å². The Kier molecular flexibility index (Phi) is 6.27. The summed E-state index contributed by atoms with van der Waals surface area (Å²) >= 11 is 0. The van der Waals surface area contributed by atoms with Crippen molar-refractivity contribution < 1.29 is 32.2 Å². The lowest BCUT2D eigenvalue weighted by Crippen LogP contribution is -2.15. The Bertz CT molecular complexity index is 509.